The molecule has 21 heavy (non-hydrogen) atoms. The number of benzene rings is 2. The van der Waals surface area contributed by atoms with Gasteiger partial charge >= 0.3 is 0 Å². The van der Waals surface area contributed by atoms with Crippen LogP contribution in [-0.2, 0) is 0 Å². The molecule has 0 saturated heterocycles. The van der Waals surface area contributed by atoms with Crippen LogP contribution in [0.4, 0.5) is 0 Å². The minimum atomic E-state index is 0.681. The van der Waals surface area contributed by atoms with Crippen molar-refractivity contribution < 1.29 is 0 Å². The molecule has 2 heterocycles. The lowest BCUT2D eigenvalue weighted by atomic mass is 10.3. The second-order valence-corrected chi connectivity index (χ2v) is 4.62. The zero-order valence-corrected chi connectivity index (χ0v) is 11.5. The summed E-state index contributed by atoms with van der Waals surface area (Å²) in [5.41, 5.74) is 3.55. The quantitative estimate of drug-likeness (QED) is 0.570. The van der Waals surface area contributed by atoms with E-state index in [0.29, 0.717) is 6.54 Å². The Morgan fingerprint density at radius 1 is 0.810 bits per heavy atom. The van der Waals surface area contributed by atoms with Crippen molar-refractivity contribution in [3.05, 3.63) is 48.5 Å². The predicted octanol–water partition coefficient (Wildman–Crippen LogP) is 1.60. The molecule has 0 atom stereocenters. The number of nitrogens with zero attached hydrogens (tertiary/aromatic N) is 7. The van der Waals surface area contributed by atoms with Gasteiger partial charge < -0.3 is 0 Å². The van der Waals surface area contributed by atoms with E-state index in [9.17, 15) is 0 Å². The summed E-state index contributed by atoms with van der Waals surface area (Å²) < 4.78 is 0. The molecule has 4 rings (SSSR count). The van der Waals surface area contributed by atoms with Crippen LogP contribution < -0.4 is 5.12 Å². The molecule has 2 aromatic carbocycles. The fourth-order valence-corrected chi connectivity index (χ4v) is 2.40. The highest BCUT2D eigenvalue weighted by Crippen LogP contribution is 2.14. The van der Waals surface area contributed by atoms with E-state index in [4.69, 9.17) is 0 Å². The van der Waals surface area contributed by atoms with Crippen LogP contribution in [-0.4, -0.2) is 36.8 Å². The summed E-state index contributed by atoms with van der Waals surface area (Å²) >= 11 is 0. The molecule has 0 radical (unpaired) electrons. The van der Waals surface area contributed by atoms with Crippen LogP contribution in [0.25, 0.3) is 22.1 Å². The highest BCUT2D eigenvalue weighted by Gasteiger charge is 2.15. The molecule has 0 aliphatic rings. The van der Waals surface area contributed by atoms with E-state index in [1.165, 1.54) is 0 Å². The molecule has 0 aliphatic heterocycles. The Morgan fingerprint density at radius 2 is 1.29 bits per heavy atom. The molecule has 0 amide bonds. The molecule has 0 unspecified atom stereocenters. The predicted molar refractivity (Wildman–Crippen MR) is 79.2 cm³/mol. The van der Waals surface area contributed by atoms with Crippen LogP contribution in [0.5, 0.6) is 0 Å². The van der Waals surface area contributed by atoms with Crippen LogP contribution in [0.1, 0.15) is 6.92 Å². The number of fused-ring (bicyclic) bond motifs is 2. The molecule has 104 valence electrons. The summed E-state index contributed by atoms with van der Waals surface area (Å²) in [5, 5.41) is 18.7. The molecule has 0 spiro atoms. The maximum absolute atomic E-state index is 4.23. The average molecular weight is 279 g/mol. The van der Waals surface area contributed by atoms with Gasteiger partial charge in [0, 0.05) is 0 Å². The van der Waals surface area contributed by atoms with Gasteiger partial charge in [-0.2, -0.15) is 5.12 Å². The lowest BCUT2D eigenvalue weighted by Gasteiger charge is -2.22. The first-order valence-corrected chi connectivity index (χ1v) is 6.77. The van der Waals surface area contributed by atoms with Gasteiger partial charge in [-0.1, -0.05) is 24.3 Å². The highest BCUT2D eigenvalue weighted by molar-refractivity contribution is 5.76. The first-order valence-electron chi connectivity index (χ1n) is 6.77. The maximum Gasteiger partial charge on any atom is 0.115 e. The summed E-state index contributed by atoms with van der Waals surface area (Å²) in [6, 6.07) is 15.7. The van der Waals surface area contributed by atoms with Gasteiger partial charge in [-0.05, 0) is 41.6 Å². The van der Waals surface area contributed by atoms with Crippen molar-refractivity contribution >= 4 is 22.1 Å². The van der Waals surface area contributed by atoms with Gasteiger partial charge in [-0.25, -0.2) is 0 Å². The molecule has 0 saturated carbocycles. The minimum absolute atomic E-state index is 0.681. The summed E-state index contributed by atoms with van der Waals surface area (Å²) in [6.45, 7) is 2.72. The average Bonchev–Trinajstić information content (AvgIpc) is 3.14. The second-order valence-electron chi connectivity index (χ2n) is 4.62. The molecule has 0 bridgehead atoms. The zero-order chi connectivity index (χ0) is 14.2. The van der Waals surface area contributed by atoms with Gasteiger partial charge in [-0.3, -0.25) is 0 Å². The minimum Gasteiger partial charge on any atom is -0.181 e. The van der Waals surface area contributed by atoms with Crippen LogP contribution in [0.2, 0.25) is 0 Å². The Morgan fingerprint density at radius 3 is 1.76 bits per heavy atom. The summed E-state index contributed by atoms with van der Waals surface area (Å²) in [5.74, 6) is 0. The topological polar surface area (TPSA) is 64.7 Å². The van der Waals surface area contributed by atoms with Crippen LogP contribution in [0.3, 0.4) is 0 Å². The van der Waals surface area contributed by atoms with E-state index in [0.717, 1.165) is 22.1 Å². The van der Waals surface area contributed by atoms with Gasteiger partial charge in [0.25, 0.3) is 0 Å². The Balaban J connectivity index is 1.92. The number of para-hydroxylation sites is 2. The normalized spacial score (nSPS) is 11.3. The molecule has 2 aromatic heterocycles. The summed E-state index contributed by atoms with van der Waals surface area (Å²) in [4.78, 5) is 3.49. The smallest absolute Gasteiger partial charge is 0.115 e. The fraction of sp³-hybridized carbons (Fsp3) is 0.143. The standard InChI is InChI=1S/C14H13N7/c1-2-19(20-13-9-5-3-7-11(13)15-17-20)21-14-10-6-4-8-12(14)16-18-21/h3-10H,2H2,1H3. The molecule has 0 aliphatic carbocycles. The third-order valence-corrected chi connectivity index (χ3v) is 3.39. The Kier molecular flexibility index (Phi) is 2.56. The first kappa shape index (κ1) is 11.8. The van der Waals surface area contributed by atoms with Crippen LogP contribution in [0.15, 0.2) is 48.5 Å². The van der Waals surface area contributed by atoms with Gasteiger partial charge in [0.2, 0.25) is 0 Å². The number of aromatic nitrogens is 6. The monoisotopic (exact) mass is 279 g/mol. The molecular weight excluding hydrogens is 266 g/mol. The molecule has 0 fully saturated rings. The van der Waals surface area contributed by atoms with E-state index < -0.39 is 0 Å². The molecular formula is C14H13N7. The van der Waals surface area contributed by atoms with Crippen molar-refractivity contribution in [2.45, 2.75) is 6.92 Å². The Hall–Kier alpha value is -2.96. The maximum atomic E-state index is 4.23. The van der Waals surface area contributed by atoms with E-state index in [-0.39, 0.29) is 0 Å². The Labute approximate surface area is 120 Å². The van der Waals surface area contributed by atoms with Crippen LogP contribution in [0, 0.1) is 0 Å². The van der Waals surface area contributed by atoms with Gasteiger partial charge in [0.15, 0.2) is 0 Å². The van der Waals surface area contributed by atoms with Crippen molar-refractivity contribution in [2.24, 2.45) is 0 Å². The number of rotatable bonds is 3. The molecule has 7 nitrogen and oxygen atoms in total. The first-order chi connectivity index (χ1) is 10.4. The molecule has 7 heteroatoms. The van der Waals surface area contributed by atoms with Crippen LogP contribution >= 0.6 is 0 Å². The zero-order valence-electron chi connectivity index (χ0n) is 11.5. The third kappa shape index (κ3) is 1.74. The Bertz CT molecular complexity index is 834. The van der Waals surface area contributed by atoms with E-state index in [1.54, 1.807) is 9.58 Å². The van der Waals surface area contributed by atoms with Crippen molar-refractivity contribution in [3.63, 3.8) is 0 Å². The van der Waals surface area contributed by atoms with Gasteiger partial charge in [-0.15, -0.1) is 19.8 Å². The fourth-order valence-electron chi connectivity index (χ4n) is 2.40. The second kappa shape index (κ2) is 4.55. The lowest BCUT2D eigenvalue weighted by molar-refractivity contribution is 0.444. The largest absolute Gasteiger partial charge is 0.181 e. The van der Waals surface area contributed by atoms with E-state index in [2.05, 4.69) is 20.6 Å². The summed E-state index contributed by atoms with van der Waals surface area (Å²) in [6.07, 6.45) is 0. The van der Waals surface area contributed by atoms with Gasteiger partial charge in [0.05, 0.1) is 6.54 Å². The molecule has 4 aromatic rings. The van der Waals surface area contributed by atoms with Gasteiger partial charge in [0.1, 0.15) is 22.1 Å². The SMILES string of the molecule is CCN(n1nnc2ccccc21)n1nnc2ccccc21. The van der Waals surface area contributed by atoms with E-state index in [1.807, 2.05) is 60.6 Å². The molecule has 0 N–H and O–H groups in total. The number of hydrogen-bond acceptors (Lipinski definition) is 5. The summed E-state index contributed by atoms with van der Waals surface area (Å²) in [7, 11) is 0. The van der Waals surface area contributed by atoms with Crippen molar-refractivity contribution in [2.75, 3.05) is 11.7 Å². The third-order valence-electron chi connectivity index (χ3n) is 3.39. The van der Waals surface area contributed by atoms with Crippen molar-refractivity contribution in [1.82, 2.24) is 30.2 Å². The lowest BCUT2D eigenvalue weighted by Crippen LogP contribution is -2.41. The van der Waals surface area contributed by atoms with Crippen molar-refractivity contribution in [1.29, 1.82) is 0 Å². The van der Waals surface area contributed by atoms with E-state index >= 15 is 0 Å². The van der Waals surface area contributed by atoms with Crippen molar-refractivity contribution in [3.8, 4) is 0 Å². The highest BCUT2D eigenvalue weighted by atomic mass is 15.9. The number of hydrogen-bond donors (Lipinski definition) is 0.